The number of aromatic nitrogens is 4. The number of carbonyl (C=O) groups is 1. The number of nitrogens with one attached hydrogen (secondary N) is 5. The number of hydrogen-bond donors (Lipinski definition) is 5. The van der Waals surface area contributed by atoms with E-state index in [2.05, 4.69) is 35.7 Å². The van der Waals surface area contributed by atoms with Crippen LogP contribution in [0.1, 0.15) is 26.2 Å². The second kappa shape index (κ2) is 9.84. The zero-order valence-corrected chi connectivity index (χ0v) is 19.4. The molecule has 0 fully saturated rings. The Labute approximate surface area is 200 Å². The molecule has 1 aliphatic heterocycles. The molecule has 5 N–H and O–H groups in total. The van der Waals surface area contributed by atoms with E-state index >= 15 is 0 Å². The SMILES string of the molecule is CC(=O)NCCCCN=C1CCN(c2cccc3[nH]ncc23)C(Nc2ccc3[nH]c(=O)[nH]c3c2)=N1. The maximum absolute atomic E-state index is 11.7. The lowest BCUT2D eigenvalue weighted by Gasteiger charge is -2.30. The summed E-state index contributed by atoms with van der Waals surface area (Å²) in [6.45, 7) is 3.53. The number of hydrogen-bond acceptors (Lipinski definition) is 6. The number of amides is 1. The molecule has 0 radical (unpaired) electrons. The van der Waals surface area contributed by atoms with E-state index in [1.54, 1.807) is 0 Å². The van der Waals surface area contributed by atoms with Gasteiger partial charge in [-0.1, -0.05) is 6.07 Å². The summed E-state index contributed by atoms with van der Waals surface area (Å²) in [6, 6.07) is 11.7. The maximum atomic E-state index is 11.7. The van der Waals surface area contributed by atoms with E-state index in [4.69, 9.17) is 9.98 Å². The van der Waals surface area contributed by atoms with Crippen molar-refractivity contribution >= 4 is 51.0 Å². The molecule has 0 aliphatic carbocycles. The number of benzene rings is 2. The highest BCUT2D eigenvalue weighted by molar-refractivity contribution is 6.15. The van der Waals surface area contributed by atoms with Crippen molar-refractivity contribution in [2.45, 2.75) is 26.2 Å². The van der Waals surface area contributed by atoms with Crippen molar-refractivity contribution in [3.05, 3.63) is 53.1 Å². The minimum atomic E-state index is -0.242. The van der Waals surface area contributed by atoms with Crippen molar-refractivity contribution in [2.24, 2.45) is 9.98 Å². The number of guanidine groups is 1. The lowest BCUT2D eigenvalue weighted by molar-refractivity contribution is -0.118. The van der Waals surface area contributed by atoms with Gasteiger partial charge in [0.2, 0.25) is 11.9 Å². The molecule has 11 heteroatoms. The number of aromatic amines is 3. The first-order valence-electron chi connectivity index (χ1n) is 11.6. The van der Waals surface area contributed by atoms with Crippen LogP contribution in [0, 0.1) is 0 Å². The highest BCUT2D eigenvalue weighted by Gasteiger charge is 2.23. The van der Waals surface area contributed by atoms with Gasteiger partial charge in [-0.2, -0.15) is 10.1 Å². The molecule has 0 spiro atoms. The third-order valence-electron chi connectivity index (χ3n) is 5.83. The summed E-state index contributed by atoms with van der Waals surface area (Å²) in [6.07, 6.45) is 4.26. The summed E-state index contributed by atoms with van der Waals surface area (Å²) in [7, 11) is 0. The summed E-state index contributed by atoms with van der Waals surface area (Å²) < 4.78 is 0. The third-order valence-corrected chi connectivity index (χ3v) is 5.83. The van der Waals surface area contributed by atoms with Gasteiger partial charge < -0.3 is 25.5 Å². The summed E-state index contributed by atoms with van der Waals surface area (Å²) in [4.78, 5) is 39.9. The van der Waals surface area contributed by atoms with E-state index in [9.17, 15) is 9.59 Å². The van der Waals surface area contributed by atoms with E-state index in [1.165, 1.54) is 6.92 Å². The molecule has 0 saturated carbocycles. The van der Waals surface area contributed by atoms with Crippen molar-refractivity contribution in [3.63, 3.8) is 0 Å². The van der Waals surface area contributed by atoms with Crippen LogP contribution in [-0.2, 0) is 4.79 Å². The Kier molecular flexibility index (Phi) is 6.29. The molecule has 11 nitrogen and oxygen atoms in total. The minimum Gasteiger partial charge on any atom is -0.356 e. The molecule has 1 amide bonds. The minimum absolute atomic E-state index is 0.0152. The van der Waals surface area contributed by atoms with Gasteiger partial charge in [0.1, 0.15) is 5.84 Å². The molecular formula is C24H27N9O2. The Hall–Kier alpha value is -4.41. The predicted molar refractivity (Wildman–Crippen MR) is 138 cm³/mol. The van der Waals surface area contributed by atoms with Gasteiger partial charge >= 0.3 is 5.69 Å². The molecule has 2 aromatic carbocycles. The molecule has 0 saturated heterocycles. The van der Waals surface area contributed by atoms with E-state index in [0.29, 0.717) is 37.5 Å². The van der Waals surface area contributed by atoms with Crippen LogP contribution in [0.5, 0.6) is 0 Å². The molecule has 0 bridgehead atoms. The van der Waals surface area contributed by atoms with Crippen LogP contribution < -0.4 is 21.2 Å². The summed E-state index contributed by atoms with van der Waals surface area (Å²) in [5, 5.41) is 14.4. The van der Waals surface area contributed by atoms with Crippen molar-refractivity contribution in [3.8, 4) is 0 Å². The first-order chi connectivity index (χ1) is 17.1. The second-order valence-corrected chi connectivity index (χ2v) is 8.40. The topological polar surface area (TPSA) is 146 Å². The highest BCUT2D eigenvalue weighted by Crippen LogP contribution is 2.28. The number of nitrogens with zero attached hydrogens (tertiary/aromatic N) is 4. The third kappa shape index (κ3) is 5.08. The van der Waals surface area contributed by atoms with Crippen molar-refractivity contribution in [1.82, 2.24) is 25.5 Å². The van der Waals surface area contributed by atoms with E-state index in [1.807, 2.05) is 42.6 Å². The quantitative estimate of drug-likeness (QED) is 0.262. The fourth-order valence-corrected chi connectivity index (χ4v) is 4.14. The molecule has 4 aromatic rings. The Bertz CT molecular complexity index is 1480. The number of unbranched alkanes of at least 4 members (excludes halogenated alkanes) is 1. The van der Waals surface area contributed by atoms with Crippen LogP contribution in [0.15, 0.2) is 57.4 Å². The molecule has 1 aliphatic rings. The maximum Gasteiger partial charge on any atom is 0.323 e. The van der Waals surface area contributed by atoms with Crippen LogP contribution in [0.2, 0.25) is 0 Å². The fourth-order valence-electron chi connectivity index (χ4n) is 4.14. The summed E-state index contributed by atoms with van der Waals surface area (Å²) in [5.74, 6) is 1.41. The largest absolute Gasteiger partial charge is 0.356 e. The Balaban J connectivity index is 1.41. The van der Waals surface area contributed by atoms with Crippen molar-refractivity contribution in [2.75, 3.05) is 29.9 Å². The smallest absolute Gasteiger partial charge is 0.323 e. The van der Waals surface area contributed by atoms with E-state index < -0.39 is 0 Å². The average Bonchev–Trinajstić information content (AvgIpc) is 3.46. The van der Waals surface area contributed by atoms with Gasteiger partial charge in [0.25, 0.3) is 0 Å². The first kappa shape index (κ1) is 22.4. The number of rotatable bonds is 7. The number of fused-ring (bicyclic) bond motifs is 2. The van der Waals surface area contributed by atoms with E-state index in [-0.39, 0.29) is 11.6 Å². The van der Waals surface area contributed by atoms with Gasteiger partial charge in [-0.15, -0.1) is 0 Å². The van der Waals surface area contributed by atoms with Crippen LogP contribution in [-0.4, -0.2) is 57.5 Å². The zero-order valence-electron chi connectivity index (χ0n) is 19.4. The predicted octanol–water partition coefficient (Wildman–Crippen LogP) is 2.73. The summed E-state index contributed by atoms with van der Waals surface area (Å²) in [5.41, 5.74) is 3.96. The highest BCUT2D eigenvalue weighted by atomic mass is 16.1. The van der Waals surface area contributed by atoms with Gasteiger partial charge in [0.15, 0.2) is 0 Å². The van der Waals surface area contributed by atoms with E-state index in [0.717, 1.165) is 46.5 Å². The standard InChI is InChI=1S/C24H27N9O2/c1-15(34)25-10-2-3-11-26-22-9-12-33(21-6-4-5-18-17(21)14-27-32-18)23(31-22)28-16-7-8-19-20(13-16)30-24(35)29-19/h4-8,13-14H,2-3,9-12H2,1H3,(H,25,34)(H,27,32)(H,26,28,31)(H2,29,30,35). The molecule has 0 atom stereocenters. The fraction of sp³-hybridized carbons (Fsp3) is 0.292. The van der Waals surface area contributed by atoms with Gasteiger partial charge in [-0.05, 0) is 43.2 Å². The number of amidine groups is 1. The van der Waals surface area contributed by atoms with Crippen LogP contribution in [0.3, 0.4) is 0 Å². The van der Waals surface area contributed by atoms with Crippen LogP contribution in [0.4, 0.5) is 11.4 Å². The Morgan fingerprint density at radius 2 is 2.03 bits per heavy atom. The molecule has 0 unspecified atom stereocenters. The normalized spacial score (nSPS) is 15.1. The molecule has 35 heavy (non-hydrogen) atoms. The molecule has 5 rings (SSSR count). The Morgan fingerprint density at radius 3 is 2.91 bits per heavy atom. The molecular weight excluding hydrogens is 446 g/mol. The van der Waals surface area contributed by atoms with Crippen LogP contribution >= 0.6 is 0 Å². The van der Waals surface area contributed by atoms with Crippen molar-refractivity contribution in [1.29, 1.82) is 0 Å². The Morgan fingerprint density at radius 1 is 1.14 bits per heavy atom. The average molecular weight is 474 g/mol. The van der Waals surface area contributed by atoms with Gasteiger partial charge in [0.05, 0.1) is 28.4 Å². The number of aliphatic imine (C=N–C) groups is 2. The number of H-pyrrole nitrogens is 3. The summed E-state index contributed by atoms with van der Waals surface area (Å²) >= 11 is 0. The van der Waals surface area contributed by atoms with Gasteiger partial charge in [0, 0.05) is 44.1 Å². The molecule has 2 aromatic heterocycles. The number of imidazole rings is 1. The lowest BCUT2D eigenvalue weighted by atomic mass is 10.2. The first-order valence-corrected chi connectivity index (χ1v) is 11.6. The molecule has 180 valence electrons. The zero-order chi connectivity index (χ0) is 24.2. The van der Waals surface area contributed by atoms with Gasteiger partial charge in [-0.3, -0.25) is 14.9 Å². The lowest BCUT2D eigenvalue weighted by Crippen LogP contribution is -2.42. The number of anilines is 2. The molecule has 3 heterocycles. The number of carbonyl (C=O) groups excluding carboxylic acids is 1. The monoisotopic (exact) mass is 473 g/mol. The van der Waals surface area contributed by atoms with Crippen LogP contribution in [0.25, 0.3) is 21.9 Å². The second-order valence-electron chi connectivity index (χ2n) is 8.40. The van der Waals surface area contributed by atoms with Crippen molar-refractivity contribution < 1.29 is 4.79 Å². The van der Waals surface area contributed by atoms with Gasteiger partial charge in [-0.25, -0.2) is 4.79 Å².